The number of benzene rings is 2. The Kier molecular flexibility index (Phi) is 4.93. The Morgan fingerprint density at radius 3 is 2.32 bits per heavy atom. The number of para-hydroxylation sites is 1. The molecule has 6 heteroatoms. The van der Waals surface area contributed by atoms with Crippen molar-refractivity contribution in [1.29, 1.82) is 0 Å². The Morgan fingerprint density at radius 2 is 1.73 bits per heavy atom. The number of halogens is 2. The minimum atomic E-state index is -2.98. The Bertz CT molecular complexity index is 643. The number of carbonyl (C=O) groups is 1. The highest BCUT2D eigenvalue weighted by Crippen LogP contribution is 2.22. The topological polar surface area (TPSA) is 41.6 Å². The molecule has 0 bridgehead atoms. The van der Waals surface area contributed by atoms with Gasteiger partial charge in [0.05, 0.1) is 5.56 Å². The standard InChI is InChI=1S/C16H16F2N2O2/c1-20(2)12-9-7-11(8-10-12)19-15(21)13-5-3-4-6-14(13)22-16(17)18/h3-10,16H,1-2H3,(H,19,21). The number of rotatable bonds is 5. The van der Waals surface area contributed by atoms with Crippen molar-refractivity contribution in [3.05, 3.63) is 54.1 Å². The van der Waals surface area contributed by atoms with Crippen LogP contribution >= 0.6 is 0 Å². The molecule has 0 fully saturated rings. The number of ether oxygens (including phenoxy) is 1. The number of nitrogens with one attached hydrogen (secondary N) is 1. The first-order valence-electron chi connectivity index (χ1n) is 6.60. The maximum atomic E-state index is 12.4. The molecule has 0 atom stereocenters. The van der Waals surface area contributed by atoms with Crippen LogP contribution in [0.2, 0.25) is 0 Å². The highest BCUT2D eigenvalue weighted by molar-refractivity contribution is 6.06. The van der Waals surface area contributed by atoms with Gasteiger partial charge in [-0.25, -0.2) is 0 Å². The third kappa shape index (κ3) is 3.94. The zero-order chi connectivity index (χ0) is 16.1. The summed E-state index contributed by atoms with van der Waals surface area (Å²) in [6.07, 6.45) is 0. The Hall–Kier alpha value is -2.63. The molecule has 0 radical (unpaired) electrons. The average molecular weight is 306 g/mol. The number of hydrogen-bond acceptors (Lipinski definition) is 3. The molecular weight excluding hydrogens is 290 g/mol. The van der Waals surface area contributed by atoms with Gasteiger partial charge in [0.15, 0.2) is 0 Å². The van der Waals surface area contributed by atoms with Gasteiger partial charge in [-0.1, -0.05) is 12.1 Å². The molecule has 0 aliphatic heterocycles. The fraction of sp³-hybridized carbons (Fsp3) is 0.188. The van der Waals surface area contributed by atoms with Crippen LogP contribution in [0.3, 0.4) is 0 Å². The largest absolute Gasteiger partial charge is 0.434 e. The SMILES string of the molecule is CN(C)c1ccc(NC(=O)c2ccccc2OC(F)F)cc1. The molecule has 22 heavy (non-hydrogen) atoms. The summed E-state index contributed by atoms with van der Waals surface area (Å²) in [6.45, 7) is -2.98. The first-order valence-corrected chi connectivity index (χ1v) is 6.60. The van der Waals surface area contributed by atoms with Gasteiger partial charge in [0, 0.05) is 25.5 Å². The van der Waals surface area contributed by atoms with Crippen molar-refractivity contribution >= 4 is 17.3 Å². The van der Waals surface area contributed by atoms with E-state index < -0.39 is 12.5 Å². The average Bonchev–Trinajstić information content (AvgIpc) is 2.47. The lowest BCUT2D eigenvalue weighted by Gasteiger charge is -2.14. The Morgan fingerprint density at radius 1 is 1.09 bits per heavy atom. The molecule has 0 aliphatic rings. The fourth-order valence-electron chi connectivity index (χ4n) is 1.89. The van der Waals surface area contributed by atoms with Gasteiger partial charge in [0.2, 0.25) is 0 Å². The van der Waals surface area contributed by atoms with Crippen molar-refractivity contribution in [2.45, 2.75) is 6.61 Å². The number of alkyl halides is 2. The molecule has 2 aromatic carbocycles. The van der Waals surface area contributed by atoms with Crippen LogP contribution in [0.5, 0.6) is 5.75 Å². The van der Waals surface area contributed by atoms with E-state index in [1.54, 1.807) is 18.2 Å². The third-order valence-electron chi connectivity index (χ3n) is 2.99. The van der Waals surface area contributed by atoms with E-state index in [4.69, 9.17) is 0 Å². The molecule has 0 aliphatic carbocycles. The van der Waals surface area contributed by atoms with E-state index in [0.717, 1.165) is 5.69 Å². The molecule has 1 N–H and O–H groups in total. The number of nitrogens with zero attached hydrogens (tertiary/aromatic N) is 1. The zero-order valence-electron chi connectivity index (χ0n) is 12.2. The fourth-order valence-corrected chi connectivity index (χ4v) is 1.89. The quantitative estimate of drug-likeness (QED) is 0.917. The van der Waals surface area contributed by atoms with Gasteiger partial charge < -0.3 is 15.0 Å². The minimum Gasteiger partial charge on any atom is -0.434 e. The molecule has 2 rings (SSSR count). The molecular formula is C16H16F2N2O2. The van der Waals surface area contributed by atoms with E-state index in [1.807, 2.05) is 31.1 Å². The molecule has 0 unspecified atom stereocenters. The summed E-state index contributed by atoms with van der Waals surface area (Å²) in [7, 11) is 3.82. The maximum Gasteiger partial charge on any atom is 0.387 e. The van der Waals surface area contributed by atoms with E-state index in [-0.39, 0.29) is 11.3 Å². The summed E-state index contributed by atoms with van der Waals surface area (Å²) >= 11 is 0. The van der Waals surface area contributed by atoms with E-state index in [1.165, 1.54) is 18.2 Å². The lowest BCUT2D eigenvalue weighted by molar-refractivity contribution is -0.0501. The monoisotopic (exact) mass is 306 g/mol. The van der Waals surface area contributed by atoms with Gasteiger partial charge in [0.1, 0.15) is 5.75 Å². The molecule has 0 spiro atoms. The van der Waals surface area contributed by atoms with Crippen LogP contribution in [0.4, 0.5) is 20.2 Å². The summed E-state index contributed by atoms with van der Waals surface area (Å²) in [4.78, 5) is 14.1. The van der Waals surface area contributed by atoms with Crippen LogP contribution in [0.1, 0.15) is 10.4 Å². The summed E-state index contributed by atoms with van der Waals surface area (Å²) in [5, 5.41) is 2.66. The van der Waals surface area contributed by atoms with Crippen LogP contribution in [-0.4, -0.2) is 26.6 Å². The van der Waals surface area contributed by atoms with Gasteiger partial charge in [-0.3, -0.25) is 4.79 Å². The first kappa shape index (κ1) is 15.8. The van der Waals surface area contributed by atoms with Crippen LogP contribution in [-0.2, 0) is 0 Å². The maximum absolute atomic E-state index is 12.4. The van der Waals surface area contributed by atoms with Crippen LogP contribution in [0, 0.1) is 0 Å². The predicted octanol–water partition coefficient (Wildman–Crippen LogP) is 3.61. The molecule has 116 valence electrons. The van der Waals surface area contributed by atoms with Crippen molar-refractivity contribution in [1.82, 2.24) is 0 Å². The first-order chi connectivity index (χ1) is 10.5. The predicted molar refractivity (Wildman–Crippen MR) is 81.8 cm³/mol. The van der Waals surface area contributed by atoms with Gasteiger partial charge in [0.25, 0.3) is 5.91 Å². The highest BCUT2D eigenvalue weighted by Gasteiger charge is 2.15. The second kappa shape index (κ2) is 6.89. The molecule has 0 saturated heterocycles. The highest BCUT2D eigenvalue weighted by atomic mass is 19.3. The molecule has 0 saturated carbocycles. The second-order valence-electron chi connectivity index (χ2n) is 4.77. The van der Waals surface area contributed by atoms with Gasteiger partial charge >= 0.3 is 6.61 Å². The molecule has 4 nitrogen and oxygen atoms in total. The van der Waals surface area contributed by atoms with Crippen molar-refractivity contribution < 1.29 is 18.3 Å². The van der Waals surface area contributed by atoms with Crippen LogP contribution in [0.15, 0.2) is 48.5 Å². The number of carbonyl (C=O) groups excluding carboxylic acids is 1. The molecule has 0 heterocycles. The third-order valence-corrected chi connectivity index (χ3v) is 2.99. The van der Waals surface area contributed by atoms with Gasteiger partial charge in [-0.15, -0.1) is 0 Å². The van der Waals surface area contributed by atoms with Crippen molar-refractivity contribution in [2.24, 2.45) is 0 Å². The van der Waals surface area contributed by atoms with Crippen LogP contribution in [0.25, 0.3) is 0 Å². The second-order valence-corrected chi connectivity index (χ2v) is 4.77. The molecule has 1 amide bonds. The zero-order valence-corrected chi connectivity index (χ0v) is 12.2. The lowest BCUT2D eigenvalue weighted by atomic mass is 10.2. The van der Waals surface area contributed by atoms with Gasteiger partial charge in [-0.2, -0.15) is 8.78 Å². The Labute approximate surface area is 127 Å². The smallest absolute Gasteiger partial charge is 0.387 e. The minimum absolute atomic E-state index is 0.0551. The summed E-state index contributed by atoms with van der Waals surface area (Å²) < 4.78 is 29.1. The number of anilines is 2. The van der Waals surface area contributed by atoms with E-state index in [9.17, 15) is 13.6 Å². The summed E-state index contributed by atoms with van der Waals surface area (Å²) in [6, 6.07) is 13.0. The lowest BCUT2D eigenvalue weighted by Crippen LogP contribution is -2.15. The number of amides is 1. The number of hydrogen-bond donors (Lipinski definition) is 1. The van der Waals surface area contributed by atoms with E-state index in [2.05, 4.69) is 10.1 Å². The summed E-state index contributed by atoms with van der Waals surface area (Å²) in [5.41, 5.74) is 1.61. The van der Waals surface area contributed by atoms with Crippen molar-refractivity contribution in [3.63, 3.8) is 0 Å². The van der Waals surface area contributed by atoms with Gasteiger partial charge in [-0.05, 0) is 36.4 Å². The van der Waals surface area contributed by atoms with E-state index in [0.29, 0.717) is 5.69 Å². The summed E-state index contributed by atoms with van der Waals surface area (Å²) in [5.74, 6) is -0.659. The Balaban J connectivity index is 2.15. The van der Waals surface area contributed by atoms with Crippen molar-refractivity contribution in [2.75, 3.05) is 24.3 Å². The normalized spacial score (nSPS) is 10.4. The molecule has 2 aromatic rings. The van der Waals surface area contributed by atoms with Crippen molar-refractivity contribution in [3.8, 4) is 5.75 Å². The van der Waals surface area contributed by atoms with Crippen LogP contribution < -0.4 is 15.0 Å². The van der Waals surface area contributed by atoms with E-state index >= 15 is 0 Å². The molecule has 0 aromatic heterocycles.